The van der Waals surface area contributed by atoms with E-state index in [2.05, 4.69) is 32.8 Å². The van der Waals surface area contributed by atoms with Gasteiger partial charge in [0.2, 0.25) is 0 Å². The molecule has 2 saturated heterocycles. The second kappa shape index (κ2) is 7.37. The molecule has 28 heavy (non-hydrogen) atoms. The SMILES string of the molecule is CC(C)(C)OC(=O)N1CCC(Cn2nccc2B2OC(C)(C)C(C)(C)O2)CC1. The summed E-state index contributed by atoms with van der Waals surface area (Å²) >= 11 is 0. The first-order chi connectivity index (χ1) is 12.9. The van der Waals surface area contributed by atoms with Crippen molar-refractivity contribution in [2.24, 2.45) is 5.92 Å². The normalized spacial score (nSPS) is 22.5. The summed E-state index contributed by atoms with van der Waals surface area (Å²) < 4.78 is 19.8. The van der Waals surface area contributed by atoms with E-state index in [4.69, 9.17) is 14.0 Å². The van der Waals surface area contributed by atoms with Gasteiger partial charge in [0.05, 0.1) is 16.8 Å². The van der Waals surface area contributed by atoms with Crippen LogP contribution in [0.4, 0.5) is 4.79 Å². The van der Waals surface area contributed by atoms with Gasteiger partial charge in [-0.2, -0.15) is 5.10 Å². The Morgan fingerprint density at radius 2 is 1.79 bits per heavy atom. The number of nitrogens with zero attached hydrogens (tertiary/aromatic N) is 3. The number of aromatic nitrogens is 2. The third kappa shape index (κ3) is 4.54. The molecule has 1 aromatic rings. The average molecular weight is 391 g/mol. The van der Waals surface area contributed by atoms with Crippen LogP contribution < -0.4 is 5.59 Å². The molecular formula is C20H34BN3O4. The van der Waals surface area contributed by atoms with Crippen LogP contribution in [-0.4, -0.2) is 57.8 Å². The maximum Gasteiger partial charge on any atom is 0.514 e. The number of hydrogen-bond donors (Lipinski definition) is 0. The van der Waals surface area contributed by atoms with Crippen molar-refractivity contribution in [3.63, 3.8) is 0 Å². The maximum atomic E-state index is 12.2. The predicted octanol–water partition coefficient (Wildman–Crippen LogP) is 2.83. The monoisotopic (exact) mass is 391 g/mol. The van der Waals surface area contributed by atoms with E-state index in [1.165, 1.54) is 0 Å². The summed E-state index contributed by atoms with van der Waals surface area (Å²) in [5, 5.41) is 4.50. The van der Waals surface area contributed by atoms with Crippen LogP contribution in [0.1, 0.15) is 61.3 Å². The van der Waals surface area contributed by atoms with E-state index in [9.17, 15) is 4.79 Å². The van der Waals surface area contributed by atoms with Gasteiger partial charge in [-0.3, -0.25) is 4.68 Å². The van der Waals surface area contributed by atoms with Crippen LogP contribution >= 0.6 is 0 Å². The van der Waals surface area contributed by atoms with Gasteiger partial charge >= 0.3 is 13.2 Å². The summed E-state index contributed by atoms with van der Waals surface area (Å²) in [5.74, 6) is 0.458. The molecule has 156 valence electrons. The molecule has 1 aromatic heterocycles. The fraction of sp³-hybridized carbons (Fsp3) is 0.800. The number of hydrogen-bond acceptors (Lipinski definition) is 5. The zero-order valence-corrected chi connectivity index (χ0v) is 18.3. The Hall–Kier alpha value is -1.54. The van der Waals surface area contributed by atoms with E-state index in [0.29, 0.717) is 19.0 Å². The number of piperidine rings is 1. The van der Waals surface area contributed by atoms with E-state index in [1.807, 2.05) is 31.5 Å². The van der Waals surface area contributed by atoms with E-state index in [0.717, 1.165) is 25.0 Å². The molecule has 0 unspecified atom stereocenters. The van der Waals surface area contributed by atoms with Crippen LogP contribution in [0.3, 0.4) is 0 Å². The van der Waals surface area contributed by atoms with Gasteiger partial charge in [0.15, 0.2) is 0 Å². The lowest BCUT2D eigenvalue weighted by Crippen LogP contribution is -2.44. The molecule has 0 atom stereocenters. The zero-order valence-electron chi connectivity index (χ0n) is 18.3. The van der Waals surface area contributed by atoms with Crippen LogP contribution in [-0.2, 0) is 20.6 Å². The minimum Gasteiger partial charge on any atom is -0.444 e. The molecule has 0 saturated carbocycles. The highest BCUT2D eigenvalue weighted by Gasteiger charge is 2.52. The molecule has 7 nitrogen and oxygen atoms in total. The van der Waals surface area contributed by atoms with Crippen molar-refractivity contribution >= 4 is 18.8 Å². The van der Waals surface area contributed by atoms with Gasteiger partial charge in [0, 0.05) is 25.8 Å². The highest BCUT2D eigenvalue weighted by molar-refractivity contribution is 6.61. The van der Waals surface area contributed by atoms with Crippen molar-refractivity contribution in [3.8, 4) is 0 Å². The number of rotatable bonds is 3. The van der Waals surface area contributed by atoms with E-state index < -0.39 is 12.7 Å². The second-order valence-corrected chi connectivity index (χ2v) is 9.94. The second-order valence-electron chi connectivity index (χ2n) is 9.94. The van der Waals surface area contributed by atoms with Gasteiger partial charge in [-0.1, -0.05) is 0 Å². The van der Waals surface area contributed by atoms with E-state index >= 15 is 0 Å². The first kappa shape index (κ1) is 21.2. The molecule has 3 rings (SSSR count). The minimum atomic E-state index is -0.458. The smallest absolute Gasteiger partial charge is 0.444 e. The maximum absolute atomic E-state index is 12.2. The average Bonchev–Trinajstić information content (AvgIpc) is 3.08. The molecule has 0 bridgehead atoms. The summed E-state index contributed by atoms with van der Waals surface area (Å²) in [6.07, 6.45) is 3.45. The summed E-state index contributed by atoms with van der Waals surface area (Å²) in [6.45, 7) is 16.1. The van der Waals surface area contributed by atoms with Crippen LogP contribution in [0.2, 0.25) is 0 Å². The number of carbonyl (C=O) groups is 1. The molecule has 2 fully saturated rings. The van der Waals surface area contributed by atoms with Gasteiger partial charge in [-0.25, -0.2) is 4.79 Å². The quantitative estimate of drug-likeness (QED) is 0.742. The lowest BCUT2D eigenvalue weighted by molar-refractivity contribution is 0.00578. The summed E-state index contributed by atoms with van der Waals surface area (Å²) in [4.78, 5) is 14.0. The molecule has 0 N–H and O–H groups in total. The summed E-state index contributed by atoms with van der Waals surface area (Å²) in [7, 11) is -0.408. The van der Waals surface area contributed by atoms with Gasteiger partial charge in [-0.05, 0) is 73.3 Å². The number of likely N-dealkylation sites (tertiary alicyclic amines) is 1. The Morgan fingerprint density at radius 3 is 2.32 bits per heavy atom. The van der Waals surface area contributed by atoms with Crippen molar-refractivity contribution in [2.45, 2.75) is 84.7 Å². The first-order valence-electron chi connectivity index (χ1n) is 10.2. The molecule has 0 spiro atoms. The molecule has 8 heteroatoms. The Labute approximate surface area is 168 Å². The molecular weight excluding hydrogens is 357 g/mol. The molecule has 1 amide bonds. The highest BCUT2D eigenvalue weighted by atomic mass is 16.7. The van der Waals surface area contributed by atoms with Crippen LogP contribution in [0.15, 0.2) is 12.3 Å². The Bertz CT molecular complexity index is 687. The lowest BCUT2D eigenvalue weighted by atomic mass is 9.84. The number of amides is 1. The Kier molecular flexibility index (Phi) is 5.58. The van der Waals surface area contributed by atoms with Gasteiger partial charge in [0.1, 0.15) is 5.60 Å². The largest absolute Gasteiger partial charge is 0.514 e. The van der Waals surface area contributed by atoms with Crippen molar-refractivity contribution in [3.05, 3.63) is 12.3 Å². The van der Waals surface area contributed by atoms with Crippen LogP contribution in [0.5, 0.6) is 0 Å². The summed E-state index contributed by atoms with van der Waals surface area (Å²) in [6, 6.07) is 1.97. The van der Waals surface area contributed by atoms with E-state index in [1.54, 1.807) is 11.1 Å². The fourth-order valence-electron chi connectivity index (χ4n) is 3.53. The summed E-state index contributed by atoms with van der Waals surface area (Å²) in [5.41, 5.74) is -0.245. The van der Waals surface area contributed by atoms with Crippen molar-refractivity contribution in [1.29, 1.82) is 0 Å². The molecule has 0 aromatic carbocycles. The molecule has 2 aliphatic heterocycles. The van der Waals surface area contributed by atoms with E-state index in [-0.39, 0.29) is 17.3 Å². The minimum absolute atomic E-state index is 0.219. The molecule has 0 radical (unpaired) electrons. The Morgan fingerprint density at radius 1 is 1.21 bits per heavy atom. The lowest BCUT2D eigenvalue weighted by Gasteiger charge is -2.33. The molecule has 2 aliphatic rings. The standard InChI is InChI=1S/C20H34BN3O4/c1-18(2,3)26-17(25)23-12-9-15(10-13-23)14-24-16(8-11-22-24)21-27-19(4,5)20(6,7)28-21/h8,11,15H,9-10,12-14H2,1-7H3. The highest BCUT2D eigenvalue weighted by Crippen LogP contribution is 2.36. The third-order valence-corrected chi connectivity index (χ3v) is 5.94. The zero-order chi connectivity index (χ0) is 20.7. The molecule has 0 aliphatic carbocycles. The first-order valence-corrected chi connectivity index (χ1v) is 10.2. The van der Waals surface area contributed by atoms with Crippen molar-refractivity contribution in [1.82, 2.24) is 14.7 Å². The topological polar surface area (TPSA) is 65.8 Å². The number of ether oxygens (including phenoxy) is 1. The Balaban J connectivity index is 1.58. The molecule has 3 heterocycles. The third-order valence-electron chi connectivity index (χ3n) is 5.94. The van der Waals surface area contributed by atoms with Gasteiger partial charge < -0.3 is 18.9 Å². The van der Waals surface area contributed by atoms with Crippen LogP contribution in [0.25, 0.3) is 0 Å². The predicted molar refractivity (Wildman–Crippen MR) is 108 cm³/mol. The van der Waals surface area contributed by atoms with Gasteiger partial charge in [0.25, 0.3) is 0 Å². The van der Waals surface area contributed by atoms with Crippen LogP contribution in [0, 0.1) is 5.92 Å². The van der Waals surface area contributed by atoms with Crippen molar-refractivity contribution < 1.29 is 18.8 Å². The fourth-order valence-corrected chi connectivity index (χ4v) is 3.53. The van der Waals surface area contributed by atoms with Gasteiger partial charge in [-0.15, -0.1) is 0 Å². The van der Waals surface area contributed by atoms with Crippen molar-refractivity contribution in [2.75, 3.05) is 13.1 Å². The number of carbonyl (C=O) groups excluding carboxylic acids is 1.